The van der Waals surface area contributed by atoms with Gasteiger partial charge in [0.25, 0.3) is 0 Å². The Morgan fingerprint density at radius 2 is 1.02 bits per heavy atom. The molecular formula is C42H24N2O. The maximum atomic E-state index is 6.25. The molecule has 0 aliphatic heterocycles. The first-order valence-corrected chi connectivity index (χ1v) is 15.5. The zero-order chi connectivity index (χ0) is 29.2. The third kappa shape index (κ3) is 2.90. The Morgan fingerprint density at radius 1 is 0.400 bits per heavy atom. The van der Waals surface area contributed by atoms with Gasteiger partial charge in [0.15, 0.2) is 0 Å². The number of furan rings is 1. The number of nitrogens with zero attached hydrogens (tertiary/aromatic N) is 2. The van der Waals surface area contributed by atoms with E-state index in [9.17, 15) is 0 Å². The van der Waals surface area contributed by atoms with Gasteiger partial charge < -0.3 is 13.4 Å². The fraction of sp³-hybridized carbons (Fsp3) is 0. The summed E-state index contributed by atoms with van der Waals surface area (Å²) >= 11 is 0. The van der Waals surface area contributed by atoms with Gasteiger partial charge in [0.2, 0.25) is 0 Å². The molecule has 45 heavy (non-hydrogen) atoms. The molecular weight excluding hydrogens is 548 g/mol. The predicted molar refractivity (Wildman–Crippen MR) is 188 cm³/mol. The average molecular weight is 573 g/mol. The van der Waals surface area contributed by atoms with E-state index in [2.05, 4.69) is 142 Å². The lowest BCUT2D eigenvalue weighted by Gasteiger charge is -2.12. The van der Waals surface area contributed by atoms with Crippen molar-refractivity contribution in [3.63, 3.8) is 0 Å². The monoisotopic (exact) mass is 572 g/mol. The molecule has 7 aromatic carbocycles. The molecule has 0 unspecified atom stereocenters. The Bertz CT molecular complexity index is 2990. The molecule has 0 amide bonds. The number of hydrogen-bond acceptors (Lipinski definition) is 1. The lowest BCUT2D eigenvalue weighted by atomic mass is 9.99. The van der Waals surface area contributed by atoms with Gasteiger partial charge in [-0.2, -0.15) is 0 Å². The van der Waals surface area contributed by atoms with Crippen molar-refractivity contribution in [2.75, 3.05) is 0 Å². The van der Waals surface area contributed by atoms with Gasteiger partial charge in [0.05, 0.1) is 27.6 Å². The molecule has 208 valence electrons. The number of hydrogen-bond donors (Lipinski definition) is 0. The molecule has 11 aromatic rings. The fourth-order valence-corrected chi connectivity index (χ4v) is 8.09. The van der Waals surface area contributed by atoms with Crippen molar-refractivity contribution >= 4 is 81.8 Å². The van der Waals surface area contributed by atoms with Crippen molar-refractivity contribution < 1.29 is 4.42 Å². The summed E-state index contributed by atoms with van der Waals surface area (Å²) in [6.45, 7) is 0. The van der Waals surface area contributed by atoms with Crippen LogP contribution < -0.4 is 0 Å². The van der Waals surface area contributed by atoms with Crippen LogP contribution in [0.15, 0.2) is 150 Å². The molecule has 0 radical (unpaired) electrons. The van der Waals surface area contributed by atoms with Crippen molar-refractivity contribution in [2.45, 2.75) is 0 Å². The average Bonchev–Trinajstić information content (AvgIpc) is 3.73. The Morgan fingerprint density at radius 3 is 1.96 bits per heavy atom. The molecule has 4 aromatic heterocycles. The summed E-state index contributed by atoms with van der Waals surface area (Å²) in [5, 5.41) is 10.0. The smallest absolute Gasteiger partial charge is 0.136 e. The van der Waals surface area contributed by atoms with Crippen molar-refractivity contribution in [1.29, 1.82) is 0 Å². The zero-order valence-corrected chi connectivity index (χ0v) is 24.2. The summed E-state index contributed by atoms with van der Waals surface area (Å²) in [4.78, 5) is 0. The van der Waals surface area contributed by atoms with Crippen molar-refractivity contribution in [3.05, 3.63) is 146 Å². The second-order valence-corrected chi connectivity index (χ2v) is 12.1. The van der Waals surface area contributed by atoms with Crippen LogP contribution in [-0.2, 0) is 0 Å². The van der Waals surface area contributed by atoms with Crippen LogP contribution >= 0.6 is 0 Å². The first-order chi connectivity index (χ1) is 22.3. The fourth-order valence-electron chi connectivity index (χ4n) is 8.09. The van der Waals surface area contributed by atoms with Crippen LogP contribution in [0.5, 0.6) is 0 Å². The Balaban J connectivity index is 1.28. The van der Waals surface area contributed by atoms with Gasteiger partial charge in [-0.05, 0) is 65.0 Å². The minimum atomic E-state index is 0.913. The molecule has 0 atom stereocenters. The number of benzene rings is 7. The van der Waals surface area contributed by atoms with E-state index in [0.717, 1.165) is 27.6 Å². The van der Waals surface area contributed by atoms with Crippen LogP contribution in [0.25, 0.3) is 98.7 Å². The summed E-state index contributed by atoms with van der Waals surface area (Å²) in [5.41, 5.74) is 11.5. The van der Waals surface area contributed by atoms with Gasteiger partial charge >= 0.3 is 0 Å². The van der Waals surface area contributed by atoms with Crippen molar-refractivity contribution in [2.24, 2.45) is 0 Å². The predicted octanol–water partition coefficient (Wildman–Crippen LogP) is 11.5. The van der Waals surface area contributed by atoms with Crippen LogP contribution in [-0.4, -0.2) is 8.97 Å². The van der Waals surface area contributed by atoms with Gasteiger partial charge in [0.1, 0.15) is 11.2 Å². The Hall–Kier alpha value is -6.06. The Labute approximate surface area is 257 Å². The molecule has 3 heteroatoms. The maximum Gasteiger partial charge on any atom is 0.136 e. The van der Waals surface area contributed by atoms with E-state index in [1.54, 1.807) is 0 Å². The molecule has 0 aliphatic carbocycles. The highest BCUT2D eigenvalue weighted by molar-refractivity contribution is 6.31. The SMILES string of the molecule is c1cc(-c2cccc3oc4ccccc4c23)cc(-n2c3cccc4c5cccc6c7ccccc7n(c7cccc2c7c43)c56)c1. The first-order valence-electron chi connectivity index (χ1n) is 15.5. The highest BCUT2D eigenvalue weighted by Crippen LogP contribution is 2.44. The van der Waals surface area contributed by atoms with E-state index in [1.165, 1.54) is 71.0 Å². The van der Waals surface area contributed by atoms with Gasteiger partial charge in [-0.3, -0.25) is 0 Å². The lowest BCUT2D eigenvalue weighted by Crippen LogP contribution is -1.95. The van der Waals surface area contributed by atoms with Crippen LogP contribution in [0.4, 0.5) is 0 Å². The van der Waals surface area contributed by atoms with Crippen LogP contribution in [0.3, 0.4) is 0 Å². The summed E-state index contributed by atoms with van der Waals surface area (Å²) in [6.07, 6.45) is 0. The third-order valence-corrected chi connectivity index (χ3v) is 9.84. The highest BCUT2D eigenvalue weighted by atomic mass is 16.3. The molecule has 0 saturated carbocycles. The standard InChI is InChI=1S/C42H24N2O/c1-3-18-33-28(12-1)30-16-6-17-31-29-15-7-19-34-40(29)41-35(20-9-21-36(41)44(33)42(30)31)43(34)26-11-5-10-25(24-26)27-14-8-23-38-39(27)32-13-2-4-22-37(32)45-38/h1-24H. The zero-order valence-electron chi connectivity index (χ0n) is 24.2. The van der Waals surface area contributed by atoms with Crippen molar-refractivity contribution in [3.8, 4) is 16.8 Å². The summed E-state index contributed by atoms with van der Waals surface area (Å²) in [5.74, 6) is 0. The molecule has 0 spiro atoms. The van der Waals surface area contributed by atoms with Crippen molar-refractivity contribution in [1.82, 2.24) is 8.97 Å². The maximum absolute atomic E-state index is 6.25. The number of para-hydroxylation sites is 3. The Kier molecular flexibility index (Phi) is 4.32. The quantitative estimate of drug-likeness (QED) is 0.202. The molecule has 0 N–H and O–H groups in total. The first kappa shape index (κ1) is 23.4. The van der Waals surface area contributed by atoms with Crippen LogP contribution in [0.2, 0.25) is 0 Å². The molecule has 4 heterocycles. The highest BCUT2D eigenvalue weighted by Gasteiger charge is 2.22. The molecule has 0 saturated heterocycles. The van der Waals surface area contributed by atoms with E-state index < -0.39 is 0 Å². The molecule has 0 bridgehead atoms. The van der Waals surface area contributed by atoms with Crippen LogP contribution in [0, 0.1) is 0 Å². The van der Waals surface area contributed by atoms with Crippen LogP contribution in [0.1, 0.15) is 0 Å². The van der Waals surface area contributed by atoms with Gasteiger partial charge in [0, 0.05) is 43.4 Å². The van der Waals surface area contributed by atoms with E-state index in [4.69, 9.17) is 4.42 Å². The molecule has 0 aliphatic rings. The van der Waals surface area contributed by atoms with Gasteiger partial charge in [-0.15, -0.1) is 0 Å². The van der Waals surface area contributed by atoms with Gasteiger partial charge in [-0.25, -0.2) is 0 Å². The second-order valence-electron chi connectivity index (χ2n) is 12.1. The van der Waals surface area contributed by atoms with E-state index in [0.29, 0.717) is 0 Å². The van der Waals surface area contributed by atoms with E-state index in [1.807, 2.05) is 12.1 Å². The minimum absolute atomic E-state index is 0.913. The second kappa shape index (κ2) is 8.31. The lowest BCUT2D eigenvalue weighted by molar-refractivity contribution is 0.669. The van der Waals surface area contributed by atoms with E-state index >= 15 is 0 Å². The summed E-state index contributed by atoms with van der Waals surface area (Å²) < 4.78 is 11.2. The number of fused-ring (bicyclic) bond motifs is 8. The largest absolute Gasteiger partial charge is 0.456 e. The minimum Gasteiger partial charge on any atom is -0.456 e. The van der Waals surface area contributed by atoms with E-state index in [-0.39, 0.29) is 0 Å². The molecule has 0 fully saturated rings. The summed E-state index contributed by atoms with van der Waals surface area (Å²) in [7, 11) is 0. The molecule has 11 rings (SSSR count). The third-order valence-electron chi connectivity index (χ3n) is 9.84. The molecule has 3 nitrogen and oxygen atoms in total. The number of rotatable bonds is 2. The summed E-state index contributed by atoms with van der Waals surface area (Å²) in [6, 6.07) is 52.8. The topological polar surface area (TPSA) is 22.5 Å². The normalized spacial score (nSPS) is 12.4. The number of aromatic nitrogens is 2. The van der Waals surface area contributed by atoms with Gasteiger partial charge in [-0.1, -0.05) is 97.1 Å².